The van der Waals surface area contributed by atoms with Gasteiger partial charge in [-0.1, -0.05) is 78.9 Å². The smallest absolute Gasteiger partial charge is 0.281 e. The van der Waals surface area contributed by atoms with Crippen molar-refractivity contribution in [2.45, 2.75) is 12.0 Å². The third-order valence-corrected chi connectivity index (χ3v) is 7.38. The third-order valence-electron chi connectivity index (χ3n) is 7.38. The lowest BCUT2D eigenvalue weighted by Gasteiger charge is -2.39. The molecular weight excluding hydrogens is 494 g/mol. The number of hydrogen-bond acceptors (Lipinski definition) is 8. The minimum Gasteiger partial charge on any atom is -0.496 e. The number of methoxy groups -OCH3 is 1. The Hall–Kier alpha value is -4.34. The van der Waals surface area contributed by atoms with Crippen LogP contribution in [0.2, 0.25) is 0 Å². The van der Waals surface area contributed by atoms with Crippen LogP contribution in [-0.2, 0) is 5.54 Å². The zero-order chi connectivity index (χ0) is 27.4. The van der Waals surface area contributed by atoms with Crippen LogP contribution >= 0.6 is 0 Å². The van der Waals surface area contributed by atoms with E-state index in [1.807, 2.05) is 89.8 Å². The first kappa shape index (κ1) is 26.3. The predicted octanol–water partition coefficient (Wildman–Crippen LogP) is 2.85. The summed E-state index contributed by atoms with van der Waals surface area (Å²) in [5.41, 5.74) is 7.93. The topological polar surface area (TPSA) is 126 Å². The highest BCUT2D eigenvalue weighted by Gasteiger charge is 2.44. The van der Waals surface area contributed by atoms with E-state index in [0.717, 1.165) is 16.7 Å². The number of benzene rings is 3. The van der Waals surface area contributed by atoms with E-state index in [9.17, 15) is 15.0 Å². The number of aliphatic hydroxyl groups excluding tert-OH is 2. The van der Waals surface area contributed by atoms with Crippen molar-refractivity contribution in [2.75, 3.05) is 49.5 Å². The zero-order valence-corrected chi connectivity index (χ0v) is 21.8. The number of nitrogens with zero attached hydrogens (tertiary/aromatic N) is 3. The van der Waals surface area contributed by atoms with Gasteiger partial charge in [-0.15, -0.1) is 0 Å². The molecule has 0 unspecified atom stereocenters. The first-order chi connectivity index (χ1) is 19.1. The van der Waals surface area contributed by atoms with Crippen LogP contribution in [0.15, 0.2) is 89.7 Å². The van der Waals surface area contributed by atoms with E-state index in [1.54, 1.807) is 11.7 Å². The molecule has 0 radical (unpaired) electrons. The number of nitrogens with two attached hydrogens (primary N) is 1. The van der Waals surface area contributed by atoms with Crippen molar-refractivity contribution in [1.82, 2.24) is 9.55 Å². The molecule has 0 amide bonds. The molecular formula is C30H33N5O4. The standard InChI is InChI=1S/C30H33N5O4/c1-39-25-15-9-8-14-24(25)30(22-10-4-2-5-11-22,23-12-6-3-7-13-23)35-28(38)26-27(33-29(35)31)34(20-32-26)17-16-21(18-36)19-37/h2-15,21,32,36-37H,16-20H2,1H3,(H2,31,33). The number of hydrogen-bond donors (Lipinski definition) is 4. The number of nitrogens with one attached hydrogen (secondary N) is 1. The molecule has 0 spiro atoms. The maximum absolute atomic E-state index is 14.5. The summed E-state index contributed by atoms with van der Waals surface area (Å²) in [5, 5.41) is 22.2. The second-order valence-electron chi connectivity index (χ2n) is 9.57. The minimum atomic E-state index is -1.20. The van der Waals surface area contributed by atoms with Gasteiger partial charge in [-0.2, -0.15) is 4.98 Å². The molecule has 1 aliphatic rings. The largest absolute Gasteiger partial charge is 0.496 e. The summed E-state index contributed by atoms with van der Waals surface area (Å²) in [5.74, 6) is 0.858. The molecule has 4 aromatic rings. The van der Waals surface area contributed by atoms with Gasteiger partial charge in [0.15, 0.2) is 5.82 Å². The summed E-state index contributed by atoms with van der Waals surface area (Å²) in [7, 11) is 1.61. The van der Waals surface area contributed by atoms with Gasteiger partial charge < -0.3 is 30.9 Å². The summed E-state index contributed by atoms with van der Waals surface area (Å²) in [6.45, 7) is 0.633. The van der Waals surface area contributed by atoms with E-state index in [0.29, 0.717) is 36.9 Å². The Morgan fingerprint density at radius 1 is 0.974 bits per heavy atom. The number of nitrogen functional groups attached to an aromatic ring is 1. The molecule has 202 valence electrons. The van der Waals surface area contributed by atoms with Crippen LogP contribution in [0.3, 0.4) is 0 Å². The van der Waals surface area contributed by atoms with E-state index >= 15 is 0 Å². The number of aromatic nitrogens is 2. The van der Waals surface area contributed by atoms with Crippen LogP contribution in [0.25, 0.3) is 0 Å². The maximum Gasteiger partial charge on any atom is 0.281 e. The Bertz CT molecular complexity index is 1430. The van der Waals surface area contributed by atoms with Crippen molar-refractivity contribution in [2.24, 2.45) is 5.92 Å². The van der Waals surface area contributed by atoms with Gasteiger partial charge in [-0.3, -0.25) is 9.36 Å². The van der Waals surface area contributed by atoms with E-state index in [1.165, 1.54) is 0 Å². The summed E-state index contributed by atoms with van der Waals surface area (Å²) in [4.78, 5) is 21.1. The van der Waals surface area contributed by atoms with E-state index in [-0.39, 0.29) is 30.6 Å². The Balaban J connectivity index is 1.79. The number of rotatable bonds is 10. The van der Waals surface area contributed by atoms with Crippen LogP contribution in [-0.4, -0.2) is 53.3 Å². The molecule has 9 nitrogen and oxygen atoms in total. The van der Waals surface area contributed by atoms with Crippen molar-refractivity contribution in [3.63, 3.8) is 0 Å². The van der Waals surface area contributed by atoms with Crippen LogP contribution in [0, 0.1) is 5.92 Å². The van der Waals surface area contributed by atoms with Crippen molar-refractivity contribution < 1.29 is 14.9 Å². The summed E-state index contributed by atoms with van der Waals surface area (Å²) >= 11 is 0. The van der Waals surface area contributed by atoms with Crippen LogP contribution in [0.5, 0.6) is 5.75 Å². The summed E-state index contributed by atoms with van der Waals surface area (Å²) < 4.78 is 7.39. The lowest BCUT2D eigenvalue weighted by molar-refractivity contribution is 0.145. The zero-order valence-electron chi connectivity index (χ0n) is 21.8. The Labute approximate surface area is 227 Å². The molecule has 0 bridgehead atoms. The molecule has 1 aromatic heterocycles. The van der Waals surface area contributed by atoms with Gasteiger partial charge in [0.05, 0.1) is 13.8 Å². The highest BCUT2D eigenvalue weighted by Crippen LogP contribution is 2.45. The van der Waals surface area contributed by atoms with Crippen molar-refractivity contribution in [3.8, 4) is 5.75 Å². The van der Waals surface area contributed by atoms with E-state index < -0.39 is 5.54 Å². The lowest BCUT2D eigenvalue weighted by Crippen LogP contribution is -2.46. The van der Waals surface area contributed by atoms with Crippen LogP contribution in [0.4, 0.5) is 17.5 Å². The first-order valence-corrected chi connectivity index (χ1v) is 12.9. The molecule has 9 heteroatoms. The normalized spacial score (nSPS) is 12.9. The minimum absolute atomic E-state index is 0.0481. The quantitative estimate of drug-likeness (QED) is 0.232. The molecule has 0 atom stereocenters. The molecule has 0 saturated heterocycles. The molecule has 0 fully saturated rings. The molecule has 5 rings (SSSR count). The monoisotopic (exact) mass is 527 g/mol. The number of para-hydroxylation sites is 1. The molecule has 3 aromatic carbocycles. The number of anilines is 3. The average Bonchev–Trinajstić information content (AvgIpc) is 3.39. The van der Waals surface area contributed by atoms with Crippen molar-refractivity contribution >= 4 is 17.5 Å². The summed E-state index contributed by atoms with van der Waals surface area (Å²) in [6, 6.07) is 27.1. The van der Waals surface area contributed by atoms with Crippen LogP contribution in [0.1, 0.15) is 23.1 Å². The fourth-order valence-electron chi connectivity index (χ4n) is 5.41. The van der Waals surface area contributed by atoms with Gasteiger partial charge in [-0.05, 0) is 23.6 Å². The van der Waals surface area contributed by atoms with Crippen LogP contribution < -0.4 is 26.2 Å². The van der Waals surface area contributed by atoms with Gasteiger partial charge in [0.25, 0.3) is 5.56 Å². The maximum atomic E-state index is 14.5. The third kappa shape index (κ3) is 4.49. The second-order valence-corrected chi connectivity index (χ2v) is 9.57. The van der Waals surface area contributed by atoms with E-state index in [2.05, 4.69) is 5.32 Å². The fourth-order valence-corrected chi connectivity index (χ4v) is 5.41. The molecule has 0 saturated carbocycles. The average molecular weight is 528 g/mol. The molecule has 2 heterocycles. The van der Waals surface area contributed by atoms with Gasteiger partial charge >= 0.3 is 0 Å². The Morgan fingerprint density at radius 3 is 2.15 bits per heavy atom. The predicted molar refractivity (Wildman–Crippen MR) is 152 cm³/mol. The van der Waals surface area contributed by atoms with Gasteiger partial charge in [0.1, 0.15) is 17.0 Å². The second kappa shape index (κ2) is 11.2. The summed E-state index contributed by atoms with van der Waals surface area (Å²) in [6.07, 6.45) is 0.540. The highest BCUT2D eigenvalue weighted by atomic mass is 16.5. The fraction of sp³-hybridized carbons (Fsp3) is 0.267. The SMILES string of the molecule is COc1ccccc1C(c1ccccc1)(c1ccccc1)n1c(N)nc2c(c1=O)NCN2CCC(CO)CO. The van der Waals surface area contributed by atoms with Gasteiger partial charge in [0.2, 0.25) is 5.95 Å². The number of fused-ring (bicyclic) bond motifs is 1. The van der Waals surface area contributed by atoms with Crippen molar-refractivity contribution in [1.29, 1.82) is 0 Å². The first-order valence-electron chi connectivity index (χ1n) is 12.9. The van der Waals surface area contributed by atoms with E-state index in [4.69, 9.17) is 15.5 Å². The number of ether oxygens (including phenoxy) is 1. The lowest BCUT2D eigenvalue weighted by atomic mass is 9.76. The van der Waals surface area contributed by atoms with Crippen molar-refractivity contribution in [3.05, 3.63) is 112 Å². The number of aliphatic hydroxyl groups is 2. The Kier molecular flexibility index (Phi) is 7.53. The molecule has 5 N–H and O–H groups in total. The van der Waals surface area contributed by atoms with Gasteiger partial charge in [0, 0.05) is 31.2 Å². The Morgan fingerprint density at radius 2 is 1.56 bits per heavy atom. The molecule has 1 aliphatic heterocycles. The highest BCUT2D eigenvalue weighted by molar-refractivity contribution is 5.72. The van der Waals surface area contributed by atoms with Gasteiger partial charge in [-0.25, -0.2) is 0 Å². The molecule has 39 heavy (non-hydrogen) atoms. The molecule has 0 aliphatic carbocycles.